The Hall–Kier alpha value is -1.06. The van der Waals surface area contributed by atoms with Gasteiger partial charge in [0.1, 0.15) is 5.67 Å². The van der Waals surface area contributed by atoms with Gasteiger partial charge in [-0.05, 0) is 24.8 Å². The molecule has 1 aliphatic carbocycles. The molecule has 0 aliphatic heterocycles. The molecule has 4 heteroatoms. The molecule has 1 aliphatic rings. The summed E-state index contributed by atoms with van der Waals surface area (Å²) < 4.78 is 52.6. The van der Waals surface area contributed by atoms with Crippen LogP contribution in [0.5, 0.6) is 0 Å². The lowest BCUT2D eigenvalue weighted by Gasteiger charge is -2.29. The van der Waals surface area contributed by atoms with Crippen molar-refractivity contribution in [3.8, 4) is 0 Å². The van der Waals surface area contributed by atoms with Gasteiger partial charge in [0.15, 0.2) is 0 Å². The van der Waals surface area contributed by atoms with Crippen LogP contribution >= 0.6 is 0 Å². The van der Waals surface area contributed by atoms with Crippen molar-refractivity contribution in [1.29, 1.82) is 0 Å². The van der Waals surface area contributed by atoms with Gasteiger partial charge < -0.3 is 0 Å². The molecule has 1 saturated carbocycles. The molecule has 0 saturated heterocycles. The molecule has 88 valence electrons. The molecule has 2 atom stereocenters. The minimum atomic E-state index is -4.46. The zero-order chi connectivity index (χ0) is 11.8. The molecular weight excluding hydrogens is 220 g/mol. The van der Waals surface area contributed by atoms with Crippen LogP contribution in [0.25, 0.3) is 0 Å². The standard InChI is InChI=1S/C12H12F4/c13-11(9-5-2-1-3-6-9)8-4-7-10(11)12(14,15)16/h1-3,5-6,10H,4,7-8H2. The Labute approximate surface area is 91.3 Å². The second-order valence-electron chi connectivity index (χ2n) is 4.21. The summed E-state index contributed by atoms with van der Waals surface area (Å²) in [6.45, 7) is 0. The second kappa shape index (κ2) is 3.75. The molecule has 1 aromatic carbocycles. The van der Waals surface area contributed by atoms with E-state index < -0.39 is 17.8 Å². The maximum absolute atomic E-state index is 14.5. The van der Waals surface area contributed by atoms with E-state index in [0.717, 1.165) is 0 Å². The number of halogens is 4. The first kappa shape index (κ1) is 11.4. The van der Waals surface area contributed by atoms with Crippen LogP contribution in [-0.2, 0) is 5.67 Å². The summed E-state index contributed by atoms with van der Waals surface area (Å²) in [5.41, 5.74) is -2.09. The summed E-state index contributed by atoms with van der Waals surface area (Å²) in [5.74, 6) is -1.86. The third-order valence-electron chi connectivity index (χ3n) is 3.23. The highest BCUT2D eigenvalue weighted by molar-refractivity contribution is 5.25. The zero-order valence-corrected chi connectivity index (χ0v) is 8.60. The Morgan fingerprint density at radius 2 is 1.75 bits per heavy atom. The molecule has 1 aromatic rings. The Bertz CT molecular complexity index is 357. The number of rotatable bonds is 1. The summed E-state index contributed by atoms with van der Waals surface area (Å²) in [7, 11) is 0. The van der Waals surface area contributed by atoms with Gasteiger partial charge in [-0.1, -0.05) is 30.3 Å². The molecule has 0 N–H and O–H groups in total. The van der Waals surface area contributed by atoms with Gasteiger partial charge in [-0.25, -0.2) is 4.39 Å². The molecule has 0 heterocycles. The summed E-state index contributed by atoms with van der Waals surface area (Å²) in [5, 5.41) is 0. The molecule has 0 bridgehead atoms. The minimum absolute atomic E-state index is 0.0405. The molecule has 0 spiro atoms. The summed E-state index contributed by atoms with van der Waals surface area (Å²) in [6, 6.07) is 7.68. The molecule has 0 radical (unpaired) electrons. The molecule has 2 rings (SSSR count). The Morgan fingerprint density at radius 1 is 1.12 bits per heavy atom. The first-order chi connectivity index (χ1) is 7.44. The van der Waals surface area contributed by atoms with Crippen LogP contribution in [-0.4, -0.2) is 6.18 Å². The number of benzene rings is 1. The molecular formula is C12H12F4. The average Bonchev–Trinajstić information content (AvgIpc) is 2.63. The second-order valence-corrected chi connectivity index (χ2v) is 4.21. The Morgan fingerprint density at radius 3 is 2.31 bits per heavy atom. The van der Waals surface area contributed by atoms with Crippen LogP contribution in [0.4, 0.5) is 17.6 Å². The van der Waals surface area contributed by atoms with Crippen molar-refractivity contribution >= 4 is 0 Å². The number of alkyl halides is 4. The monoisotopic (exact) mass is 232 g/mol. The average molecular weight is 232 g/mol. The van der Waals surface area contributed by atoms with E-state index in [0.29, 0.717) is 0 Å². The molecule has 0 aromatic heterocycles. The predicted molar refractivity (Wildman–Crippen MR) is 52.6 cm³/mol. The van der Waals surface area contributed by atoms with Crippen LogP contribution < -0.4 is 0 Å². The first-order valence-electron chi connectivity index (χ1n) is 5.26. The predicted octanol–water partition coefficient (Wildman–Crippen LogP) is 4.21. The van der Waals surface area contributed by atoms with Gasteiger partial charge in [0.05, 0.1) is 5.92 Å². The van der Waals surface area contributed by atoms with Crippen molar-refractivity contribution in [1.82, 2.24) is 0 Å². The van der Waals surface area contributed by atoms with Crippen molar-refractivity contribution < 1.29 is 17.6 Å². The maximum Gasteiger partial charge on any atom is 0.395 e. The first-order valence-corrected chi connectivity index (χ1v) is 5.26. The lowest BCUT2D eigenvalue weighted by atomic mass is 9.85. The van der Waals surface area contributed by atoms with Crippen LogP contribution in [0.1, 0.15) is 24.8 Å². The third-order valence-corrected chi connectivity index (χ3v) is 3.23. The highest BCUT2D eigenvalue weighted by atomic mass is 19.4. The fourth-order valence-corrected chi connectivity index (χ4v) is 2.45. The van der Waals surface area contributed by atoms with E-state index in [1.165, 1.54) is 12.1 Å². The summed E-state index contributed by atoms with van der Waals surface area (Å²) in [4.78, 5) is 0. The van der Waals surface area contributed by atoms with Crippen molar-refractivity contribution in [3.05, 3.63) is 35.9 Å². The largest absolute Gasteiger partial charge is 0.395 e. The van der Waals surface area contributed by atoms with Crippen molar-refractivity contribution in [2.45, 2.75) is 31.1 Å². The van der Waals surface area contributed by atoms with Crippen LogP contribution in [0.15, 0.2) is 30.3 Å². The van der Waals surface area contributed by atoms with Gasteiger partial charge in [-0.2, -0.15) is 13.2 Å². The van der Waals surface area contributed by atoms with E-state index in [1.807, 2.05) is 0 Å². The van der Waals surface area contributed by atoms with Crippen LogP contribution in [0, 0.1) is 5.92 Å². The fourth-order valence-electron chi connectivity index (χ4n) is 2.45. The van der Waals surface area contributed by atoms with Gasteiger partial charge in [-0.3, -0.25) is 0 Å². The van der Waals surface area contributed by atoms with E-state index in [-0.39, 0.29) is 24.8 Å². The van der Waals surface area contributed by atoms with E-state index in [2.05, 4.69) is 0 Å². The van der Waals surface area contributed by atoms with E-state index in [1.54, 1.807) is 18.2 Å². The zero-order valence-electron chi connectivity index (χ0n) is 8.60. The summed E-state index contributed by atoms with van der Waals surface area (Å²) >= 11 is 0. The van der Waals surface area contributed by atoms with Crippen LogP contribution in [0.2, 0.25) is 0 Å². The number of hydrogen-bond donors (Lipinski definition) is 0. The maximum atomic E-state index is 14.5. The lowest BCUT2D eigenvalue weighted by Crippen LogP contribution is -2.36. The molecule has 16 heavy (non-hydrogen) atoms. The molecule has 2 unspecified atom stereocenters. The quantitative estimate of drug-likeness (QED) is 0.636. The third kappa shape index (κ3) is 1.81. The van der Waals surface area contributed by atoms with Gasteiger partial charge in [0.25, 0.3) is 0 Å². The summed E-state index contributed by atoms with van der Waals surface area (Å²) in [6.07, 6.45) is -4.33. The highest BCUT2D eigenvalue weighted by Gasteiger charge is 2.57. The lowest BCUT2D eigenvalue weighted by molar-refractivity contribution is -0.205. The van der Waals surface area contributed by atoms with Gasteiger partial charge in [-0.15, -0.1) is 0 Å². The van der Waals surface area contributed by atoms with Crippen molar-refractivity contribution in [2.75, 3.05) is 0 Å². The molecule has 0 nitrogen and oxygen atoms in total. The van der Waals surface area contributed by atoms with Crippen molar-refractivity contribution in [2.24, 2.45) is 5.92 Å². The molecule has 1 fully saturated rings. The van der Waals surface area contributed by atoms with Gasteiger partial charge in [0, 0.05) is 0 Å². The Balaban J connectivity index is 2.37. The topological polar surface area (TPSA) is 0 Å². The Kier molecular flexibility index (Phi) is 2.68. The highest BCUT2D eigenvalue weighted by Crippen LogP contribution is 2.53. The number of hydrogen-bond acceptors (Lipinski definition) is 0. The van der Waals surface area contributed by atoms with E-state index >= 15 is 0 Å². The molecule has 0 amide bonds. The van der Waals surface area contributed by atoms with Crippen LogP contribution in [0.3, 0.4) is 0 Å². The van der Waals surface area contributed by atoms with Crippen molar-refractivity contribution in [3.63, 3.8) is 0 Å². The van der Waals surface area contributed by atoms with E-state index in [4.69, 9.17) is 0 Å². The minimum Gasteiger partial charge on any atom is -0.238 e. The fraction of sp³-hybridized carbons (Fsp3) is 0.500. The smallest absolute Gasteiger partial charge is 0.238 e. The van der Waals surface area contributed by atoms with E-state index in [9.17, 15) is 17.6 Å². The SMILES string of the molecule is FC(F)(F)C1CCCC1(F)c1ccccc1. The normalized spacial score (nSPS) is 30.6. The van der Waals surface area contributed by atoms with Gasteiger partial charge >= 0.3 is 6.18 Å². The van der Waals surface area contributed by atoms with Gasteiger partial charge in [0.2, 0.25) is 0 Å².